The molecule has 1 aliphatic heterocycles. The first kappa shape index (κ1) is 13.9. The summed E-state index contributed by atoms with van der Waals surface area (Å²) in [5, 5.41) is 9.07. The minimum absolute atomic E-state index is 0.0540. The standard InChI is InChI=1S/C15H22N2O2/c1-11-4-5-13(8-12(11)2)17-7-6-16(3)10-14(17)9-15(18)19/h4-5,8,14H,6-7,9-10H2,1-3H3,(H,18,19). The first-order chi connectivity index (χ1) is 8.97. The van der Waals surface area contributed by atoms with E-state index in [9.17, 15) is 4.79 Å². The molecule has 104 valence electrons. The highest BCUT2D eigenvalue weighted by Gasteiger charge is 2.27. The van der Waals surface area contributed by atoms with E-state index < -0.39 is 5.97 Å². The van der Waals surface area contributed by atoms with Crippen LogP contribution in [0.15, 0.2) is 18.2 Å². The molecule has 1 aromatic carbocycles. The molecule has 1 unspecified atom stereocenters. The van der Waals surface area contributed by atoms with Gasteiger partial charge >= 0.3 is 5.97 Å². The van der Waals surface area contributed by atoms with Crippen molar-refractivity contribution in [3.8, 4) is 0 Å². The van der Waals surface area contributed by atoms with E-state index in [1.807, 2.05) is 7.05 Å². The minimum Gasteiger partial charge on any atom is -0.481 e. The highest BCUT2D eigenvalue weighted by molar-refractivity contribution is 5.69. The van der Waals surface area contributed by atoms with Gasteiger partial charge in [-0.1, -0.05) is 6.07 Å². The molecule has 2 rings (SSSR count). The number of carbonyl (C=O) groups is 1. The van der Waals surface area contributed by atoms with E-state index in [2.05, 4.69) is 41.8 Å². The molecule has 1 heterocycles. The molecule has 1 atom stereocenters. The monoisotopic (exact) mass is 262 g/mol. The first-order valence-corrected chi connectivity index (χ1v) is 6.71. The van der Waals surface area contributed by atoms with Crippen molar-refractivity contribution in [2.75, 3.05) is 31.6 Å². The number of carboxylic acids is 1. The normalized spacial score (nSPS) is 20.6. The average molecular weight is 262 g/mol. The maximum Gasteiger partial charge on any atom is 0.305 e. The number of anilines is 1. The number of likely N-dealkylation sites (N-methyl/N-ethyl adjacent to an activating group) is 1. The Kier molecular flexibility index (Phi) is 4.10. The molecular formula is C15H22N2O2. The van der Waals surface area contributed by atoms with Crippen LogP contribution in [0.3, 0.4) is 0 Å². The summed E-state index contributed by atoms with van der Waals surface area (Å²) < 4.78 is 0. The molecule has 1 saturated heterocycles. The number of carboxylic acid groups (broad SMARTS) is 1. The Bertz CT molecular complexity index is 473. The minimum atomic E-state index is -0.728. The summed E-state index contributed by atoms with van der Waals surface area (Å²) in [6.07, 6.45) is 0.192. The van der Waals surface area contributed by atoms with Crippen molar-refractivity contribution in [1.82, 2.24) is 4.90 Å². The van der Waals surface area contributed by atoms with Crippen LogP contribution in [0.5, 0.6) is 0 Å². The summed E-state index contributed by atoms with van der Waals surface area (Å²) in [5.41, 5.74) is 3.67. The smallest absolute Gasteiger partial charge is 0.305 e. The van der Waals surface area contributed by atoms with Gasteiger partial charge in [-0.25, -0.2) is 0 Å². The van der Waals surface area contributed by atoms with E-state index in [-0.39, 0.29) is 12.5 Å². The zero-order valence-corrected chi connectivity index (χ0v) is 11.9. The summed E-state index contributed by atoms with van der Waals surface area (Å²) in [5.74, 6) is -0.728. The van der Waals surface area contributed by atoms with Gasteiger partial charge in [0, 0.05) is 25.3 Å². The Morgan fingerprint density at radius 2 is 2.05 bits per heavy atom. The number of hydrogen-bond donors (Lipinski definition) is 1. The molecule has 4 nitrogen and oxygen atoms in total. The molecule has 1 aliphatic rings. The quantitative estimate of drug-likeness (QED) is 0.903. The van der Waals surface area contributed by atoms with E-state index >= 15 is 0 Å². The molecule has 0 spiro atoms. The maximum atomic E-state index is 11.0. The molecule has 19 heavy (non-hydrogen) atoms. The van der Waals surface area contributed by atoms with Crippen molar-refractivity contribution in [1.29, 1.82) is 0 Å². The van der Waals surface area contributed by atoms with Gasteiger partial charge in [-0.05, 0) is 44.2 Å². The highest BCUT2D eigenvalue weighted by atomic mass is 16.4. The topological polar surface area (TPSA) is 43.8 Å². The van der Waals surface area contributed by atoms with Gasteiger partial charge in [0.2, 0.25) is 0 Å². The van der Waals surface area contributed by atoms with Crippen LogP contribution in [-0.2, 0) is 4.79 Å². The highest BCUT2D eigenvalue weighted by Crippen LogP contribution is 2.24. The lowest BCUT2D eigenvalue weighted by atomic mass is 10.0. The van der Waals surface area contributed by atoms with Crippen LogP contribution in [0.4, 0.5) is 5.69 Å². The summed E-state index contributed by atoms with van der Waals surface area (Å²) in [6.45, 7) is 6.86. The predicted molar refractivity (Wildman–Crippen MR) is 76.8 cm³/mol. The third-order valence-corrected chi connectivity index (χ3v) is 3.92. The van der Waals surface area contributed by atoms with Gasteiger partial charge in [0.15, 0.2) is 0 Å². The Hall–Kier alpha value is -1.55. The largest absolute Gasteiger partial charge is 0.481 e. The second-order valence-electron chi connectivity index (χ2n) is 5.48. The van der Waals surface area contributed by atoms with E-state index in [4.69, 9.17) is 5.11 Å². The Morgan fingerprint density at radius 3 is 2.68 bits per heavy atom. The summed E-state index contributed by atoms with van der Waals surface area (Å²) in [4.78, 5) is 15.5. The Labute approximate surface area is 114 Å². The Balaban J connectivity index is 2.23. The van der Waals surface area contributed by atoms with Gasteiger partial charge in [0.25, 0.3) is 0 Å². The SMILES string of the molecule is Cc1ccc(N2CCN(C)CC2CC(=O)O)cc1C. The van der Waals surface area contributed by atoms with Crippen molar-refractivity contribution in [2.24, 2.45) is 0 Å². The lowest BCUT2D eigenvalue weighted by Gasteiger charge is -2.41. The maximum absolute atomic E-state index is 11.0. The molecule has 0 aromatic heterocycles. The Morgan fingerprint density at radius 1 is 1.32 bits per heavy atom. The van der Waals surface area contributed by atoms with Gasteiger partial charge < -0.3 is 14.9 Å². The second kappa shape index (κ2) is 5.61. The van der Waals surface area contributed by atoms with Gasteiger partial charge in [-0.15, -0.1) is 0 Å². The average Bonchev–Trinajstić information content (AvgIpc) is 2.32. The molecule has 1 N–H and O–H groups in total. The van der Waals surface area contributed by atoms with Gasteiger partial charge in [0.05, 0.1) is 12.5 Å². The lowest BCUT2D eigenvalue weighted by Crippen LogP contribution is -2.52. The van der Waals surface area contributed by atoms with Crippen molar-refractivity contribution < 1.29 is 9.90 Å². The molecular weight excluding hydrogens is 240 g/mol. The third-order valence-electron chi connectivity index (χ3n) is 3.92. The summed E-state index contributed by atoms with van der Waals surface area (Å²) in [7, 11) is 2.05. The number of aliphatic carboxylic acids is 1. The number of rotatable bonds is 3. The molecule has 0 aliphatic carbocycles. The summed E-state index contributed by atoms with van der Waals surface area (Å²) in [6, 6.07) is 6.43. The van der Waals surface area contributed by atoms with Gasteiger partial charge in [-0.3, -0.25) is 4.79 Å². The predicted octanol–water partition coefficient (Wildman–Crippen LogP) is 1.90. The fourth-order valence-corrected chi connectivity index (χ4v) is 2.63. The van der Waals surface area contributed by atoms with Crippen molar-refractivity contribution in [3.05, 3.63) is 29.3 Å². The van der Waals surface area contributed by atoms with Crippen molar-refractivity contribution in [3.63, 3.8) is 0 Å². The van der Waals surface area contributed by atoms with Crippen LogP contribution in [0.2, 0.25) is 0 Å². The molecule has 1 aromatic rings. The van der Waals surface area contributed by atoms with Crippen LogP contribution in [0.25, 0.3) is 0 Å². The van der Waals surface area contributed by atoms with E-state index in [1.165, 1.54) is 11.1 Å². The number of hydrogen-bond acceptors (Lipinski definition) is 3. The number of nitrogens with zero attached hydrogens (tertiary/aromatic N) is 2. The lowest BCUT2D eigenvalue weighted by molar-refractivity contribution is -0.137. The molecule has 4 heteroatoms. The van der Waals surface area contributed by atoms with Crippen LogP contribution in [0.1, 0.15) is 17.5 Å². The van der Waals surface area contributed by atoms with Crippen LogP contribution >= 0.6 is 0 Å². The summed E-state index contributed by atoms with van der Waals surface area (Å²) >= 11 is 0. The van der Waals surface area contributed by atoms with Gasteiger partial charge in [0.1, 0.15) is 0 Å². The van der Waals surface area contributed by atoms with Crippen molar-refractivity contribution in [2.45, 2.75) is 26.3 Å². The van der Waals surface area contributed by atoms with Crippen LogP contribution < -0.4 is 4.90 Å². The number of piperazine rings is 1. The van der Waals surface area contributed by atoms with E-state index in [1.54, 1.807) is 0 Å². The molecule has 0 radical (unpaired) electrons. The first-order valence-electron chi connectivity index (χ1n) is 6.71. The second-order valence-corrected chi connectivity index (χ2v) is 5.48. The van der Waals surface area contributed by atoms with Crippen LogP contribution in [-0.4, -0.2) is 48.7 Å². The molecule has 0 bridgehead atoms. The fraction of sp³-hybridized carbons (Fsp3) is 0.533. The third kappa shape index (κ3) is 3.26. The van der Waals surface area contributed by atoms with E-state index in [0.717, 1.165) is 25.3 Å². The zero-order chi connectivity index (χ0) is 14.0. The molecule has 0 saturated carbocycles. The number of benzene rings is 1. The van der Waals surface area contributed by atoms with Gasteiger partial charge in [-0.2, -0.15) is 0 Å². The van der Waals surface area contributed by atoms with Crippen molar-refractivity contribution >= 4 is 11.7 Å². The molecule has 1 fully saturated rings. The zero-order valence-electron chi connectivity index (χ0n) is 11.9. The number of aryl methyl sites for hydroxylation is 2. The van der Waals surface area contributed by atoms with Crippen LogP contribution in [0, 0.1) is 13.8 Å². The molecule has 0 amide bonds. The van der Waals surface area contributed by atoms with E-state index in [0.29, 0.717) is 0 Å². The fourth-order valence-electron chi connectivity index (χ4n) is 2.63.